The summed E-state index contributed by atoms with van der Waals surface area (Å²) in [7, 11) is 0. The molecule has 118 valence electrons. The zero-order chi connectivity index (χ0) is 17.2. The van der Waals surface area contributed by atoms with Gasteiger partial charge in [0.1, 0.15) is 5.92 Å². The van der Waals surface area contributed by atoms with E-state index in [1.54, 1.807) is 31.2 Å². The lowest BCUT2D eigenvalue weighted by Gasteiger charge is -1.99. The molecule has 0 heterocycles. The van der Waals surface area contributed by atoms with Gasteiger partial charge in [0.25, 0.3) is 0 Å². The number of hydrogen-bond donors (Lipinski definition) is 0. The molecule has 0 aliphatic carbocycles. The molecule has 0 bridgehead atoms. The van der Waals surface area contributed by atoms with Crippen LogP contribution in [0, 0.1) is 17.2 Å². The van der Waals surface area contributed by atoms with E-state index in [4.69, 9.17) is 5.26 Å². The van der Waals surface area contributed by atoms with Crippen molar-refractivity contribution < 1.29 is 4.79 Å². The van der Waals surface area contributed by atoms with E-state index in [0.29, 0.717) is 5.56 Å². The van der Waals surface area contributed by atoms with Crippen LogP contribution >= 0.6 is 0 Å². The van der Waals surface area contributed by atoms with E-state index in [0.717, 1.165) is 0 Å². The number of carbonyl (C=O) groups is 1. The predicted octanol–water partition coefficient (Wildman–Crippen LogP) is 5.38. The molecule has 3 aromatic rings. The van der Waals surface area contributed by atoms with Gasteiger partial charge in [-0.1, -0.05) is 91.0 Å². The second-order valence-electron chi connectivity index (χ2n) is 5.31. The van der Waals surface area contributed by atoms with Crippen LogP contribution in [0.4, 0.5) is 0 Å². The number of benzene rings is 3. The second kappa shape index (κ2) is 9.07. The van der Waals surface area contributed by atoms with Crippen LogP contribution in [0.3, 0.4) is 0 Å². The van der Waals surface area contributed by atoms with Crippen molar-refractivity contribution in [1.29, 1.82) is 5.26 Å². The molecule has 0 saturated heterocycles. The first kappa shape index (κ1) is 17.2. The van der Waals surface area contributed by atoms with Crippen molar-refractivity contribution in [2.45, 2.75) is 6.92 Å². The van der Waals surface area contributed by atoms with Gasteiger partial charge in [0, 0.05) is 5.56 Å². The van der Waals surface area contributed by atoms with Crippen molar-refractivity contribution >= 4 is 5.78 Å². The lowest BCUT2D eigenvalue weighted by molar-refractivity contribution is 0.0956. The summed E-state index contributed by atoms with van der Waals surface area (Å²) in [5.41, 5.74) is 3.16. The predicted molar refractivity (Wildman–Crippen MR) is 97.4 cm³/mol. The average Bonchev–Trinajstić information content (AvgIpc) is 2.69. The molecule has 0 amide bonds. The van der Waals surface area contributed by atoms with E-state index >= 15 is 0 Å². The molecule has 0 spiro atoms. The summed E-state index contributed by atoms with van der Waals surface area (Å²) in [5.74, 6) is -0.662. The molecule has 2 nitrogen and oxygen atoms in total. The summed E-state index contributed by atoms with van der Waals surface area (Å²) in [5, 5.41) is 8.50. The van der Waals surface area contributed by atoms with Gasteiger partial charge < -0.3 is 0 Å². The summed E-state index contributed by atoms with van der Waals surface area (Å²) in [6.07, 6.45) is 0. The molecule has 3 rings (SSSR count). The van der Waals surface area contributed by atoms with Crippen LogP contribution < -0.4 is 0 Å². The van der Waals surface area contributed by atoms with E-state index in [1.165, 1.54) is 11.1 Å². The highest BCUT2D eigenvalue weighted by molar-refractivity contribution is 5.98. The highest BCUT2D eigenvalue weighted by atomic mass is 16.1. The number of nitrogens with zero attached hydrogens (tertiary/aromatic N) is 1. The Morgan fingerprint density at radius 2 is 1.12 bits per heavy atom. The highest BCUT2D eigenvalue weighted by Crippen LogP contribution is 2.17. The molecule has 0 radical (unpaired) electrons. The maximum Gasteiger partial charge on any atom is 0.179 e. The normalized spacial score (nSPS) is 10.7. The van der Waals surface area contributed by atoms with E-state index < -0.39 is 5.92 Å². The third kappa shape index (κ3) is 4.93. The molecule has 2 heteroatoms. The van der Waals surface area contributed by atoms with Gasteiger partial charge in [-0.2, -0.15) is 5.26 Å². The molecule has 0 aliphatic rings. The fourth-order valence-corrected chi connectivity index (χ4v) is 2.17. The molecule has 0 fully saturated rings. The minimum Gasteiger partial charge on any atom is -0.293 e. The molecule has 1 atom stereocenters. The molecule has 0 N–H and O–H groups in total. The van der Waals surface area contributed by atoms with Crippen molar-refractivity contribution in [3.63, 3.8) is 0 Å². The summed E-state index contributed by atoms with van der Waals surface area (Å²) < 4.78 is 0. The highest BCUT2D eigenvalue weighted by Gasteiger charge is 2.12. The number of ketones is 1. The summed E-state index contributed by atoms with van der Waals surface area (Å²) in [6, 6.07) is 31.6. The Morgan fingerprint density at radius 3 is 1.50 bits per heavy atom. The van der Waals surface area contributed by atoms with Crippen molar-refractivity contribution in [3.8, 4) is 17.2 Å². The van der Waals surface area contributed by atoms with Gasteiger partial charge in [0.2, 0.25) is 0 Å². The first-order valence-corrected chi connectivity index (χ1v) is 7.81. The zero-order valence-corrected chi connectivity index (χ0v) is 13.6. The van der Waals surface area contributed by atoms with Gasteiger partial charge in [-0.15, -0.1) is 0 Å². The zero-order valence-electron chi connectivity index (χ0n) is 13.6. The van der Waals surface area contributed by atoms with Crippen LogP contribution in [0.1, 0.15) is 17.3 Å². The largest absolute Gasteiger partial charge is 0.293 e. The van der Waals surface area contributed by atoms with Gasteiger partial charge in [0.05, 0.1) is 6.07 Å². The fourth-order valence-electron chi connectivity index (χ4n) is 2.17. The van der Waals surface area contributed by atoms with Crippen LogP contribution in [0.25, 0.3) is 11.1 Å². The van der Waals surface area contributed by atoms with Crippen molar-refractivity contribution in [3.05, 3.63) is 96.6 Å². The lowest BCUT2D eigenvalue weighted by Crippen LogP contribution is -2.08. The van der Waals surface area contributed by atoms with Gasteiger partial charge in [-0.3, -0.25) is 4.79 Å². The Kier molecular flexibility index (Phi) is 6.49. The van der Waals surface area contributed by atoms with Gasteiger partial charge in [0.15, 0.2) is 5.78 Å². The quantitative estimate of drug-likeness (QED) is 0.609. The van der Waals surface area contributed by atoms with Crippen LogP contribution in [0.2, 0.25) is 0 Å². The Morgan fingerprint density at radius 1 is 0.750 bits per heavy atom. The number of rotatable bonds is 3. The van der Waals surface area contributed by atoms with Gasteiger partial charge >= 0.3 is 0 Å². The van der Waals surface area contributed by atoms with E-state index in [2.05, 4.69) is 48.5 Å². The molecule has 3 aromatic carbocycles. The minimum absolute atomic E-state index is 0.113. The first-order chi connectivity index (χ1) is 11.7. The summed E-state index contributed by atoms with van der Waals surface area (Å²) in [4.78, 5) is 11.4. The van der Waals surface area contributed by atoms with E-state index in [1.807, 2.05) is 24.3 Å². The standard InChI is InChI=1S/C12H10.C10H9NO/c1-3-7-11(8-4-1)12-9-5-2-6-10-12;1-8(7-11)10(12)9-5-3-2-4-6-9/h1-10H;2-6,8H,1H3. The third-order valence-electron chi connectivity index (χ3n) is 3.53. The van der Waals surface area contributed by atoms with Crippen LogP contribution in [0.5, 0.6) is 0 Å². The fraction of sp³-hybridized carbons (Fsp3) is 0.0909. The third-order valence-corrected chi connectivity index (χ3v) is 3.53. The summed E-state index contributed by atoms with van der Waals surface area (Å²) >= 11 is 0. The minimum atomic E-state index is -0.549. The number of carbonyl (C=O) groups excluding carboxylic acids is 1. The smallest absolute Gasteiger partial charge is 0.179 e. The summed E-state index contributed by atoms with van der Waals surface area (Å²) in [6.45, 7) is 1.61. The molecule has 24 heavy (non-hydrogen) atoms. The Bertz CT molecular complexity index is 752. The van der Waals surface area contributed by atoms with Crippen molar-refractivity contribution in [1.82, 2.24) is 0 Å². The molecule has 0 aliphatic heterocycles. The maximum atomic E-state index is 11.4. The van der Waals surface area contributed by atoms with Crippen molar-refractivity contribution in [2.24, 2.45) is 5.92 Å². The molecule has 0 saturated carbocycles. The second-order valence-corrected chi connectivity index (χ2v) is 5.31. The van der Waals surface area contributed by atoms with E-state index in [9.17, 15) is 4.79 Å². The number of hydrogen-bond acceptors (Lipinski definition) is 2. The van der Waals surface area contributed by atoms with Crippen molar-refractivity contribution in [2.75, 3.05) is 0 Å². The van der Waals surface area contributed by atoms with E-state index in [-0.39, 0.29) is 5.78 Å². The monoisotopic (exact) mass is 313 g/mol. The Labute approximate surface area is 143 Å². The number of Topliss-reactive ketones (excluding diaryl/α,β-unsaturated/α-hetero) is 1. The SMILES string of the molecule is CC(C#N)C(=O)c1ccccc1.c1ccc(-c2ccccc2)cc1. The molecule has 1 unspecified atom stereocenters. The molecule has 0 aromatic heterocycles. The first-order valence-electron chi connectivity index (χ1n) is 7.81. The Balaban J connectivity index is 0.000000174. The van der Waals surface area contributed by atoms with Crippen LogP contribution in [-0.4, -0.2) is 5.78 Å². The molecular formula is C22H19NO. The Hall–Kier alpha value is -3.18. The lowest BCUT2D eigenvalue weighted by atomic mass is 10.0. The van der Waals surface area contributed by atoms with Gasteiger partial charge in [-0.25, -0.2) is 0 Å². The van der Waals surface area contributed by atoms with Crippen LogP contribution in [0.15, 0.2) is 91.0 Å². The maximum absolute atomic E-state index is 11.4. The van der Waals surface area contributed by atoms with Crippen LogP contribution in [-0.2, 0) is 0 Å². The average molecular weight is 313 g/mol. The topological polar surface area (TPSA) is 40.9 Å². The molecular weight excluding hydrogens is 294 g/mol. The van der Waals surface area contributed by atoms with Gasteiger partial charge in [-0.05, 0) is 18.1 Å². The number of nitriles is 1.